The molecule has 5 nitrogen and oxygen atoms in total. The van der Waals surface area contributed by atoms with Gasteiger partial charge in [0.05, 0.1) is 0 Å². The number of hydrogen-bond acceptors (Lipinski definition) is 3. The minimum atomic E-state index is 0.338. The number of nitrogens with one attached hydrogen (secondary N) is 1. The molecule has 4 rings (SSSR count). The minimum absolute atomic E-state index is 0.338. The van der Waals surface area contributed by atoms with Crippen LogP contribution in [0.5, 0.6) is 0 Å². The Morgan fingerprint density at radius 3 is 3.00 bits per heavy atom. The van der Waals surface area contributed by atoms with Gasteiger partial charge < -0.3 is 4.57 Å². The van der Waals surface area contributed by atoms with Gasteiger partial charge in [-0.25, -0.2) is 0 Å². The molecule has 3 aromatic rings. The van der Waals surface area contributed by atoms with Gasteiger partial charge in [-0.2, -0.15) is 15.6 Å². The van der Waals surface area contributed by atoms with Crippen LogP contribution in [0.15, 0.2) is 30.5 Å². The normalized spacial score (nSPS) is 14.6. The van der Waals surface area contributed by atoms with Crippen LogP contribution in [-0.4, -0.2) is 20.0 Å². The standard InChI is InChI=1S/C15H13N5/c16-8-13-15(18-19-17-13)12-4-3-11-5-6-20(14(11)7-12)9-10-1-2-10/h3-7,10H,1-2,9H2,(H,17,18,19). The molecular weight excluding hydrogens is 250 g/mol. The summed E-state index contributed by atoms with van der Waals surface area (Å²) in [7, 11) is 0. The first-order valence-electron chi connectivity index (χ1n) is 6.75. The molecule has 0 spiro atoms. The Labute approximate surface area is 115 Å². The Morgan fingerprint density at radius 2 is 2.20 bits per heavy atom. The summed E-state index contributed by atoms with van der Waals surface area (Å²) in [4.78, 5) is 0. The topological polar surface area (TPSA) is 70.3 Å². The largest absolute Gasteiger partial charge is 0.347 e. The maximum absolute atomic E-state index is 9.05. The first kappa shape index (κ1) is 11.2. The fraction of sp³-hybridized carbons (Fsp3) is 0.267. The number of hydrogen-bond donors (Lipinski definition) is 1. The monoisotopic (exact) mass is 263 g/mol. The molecule has 2 heterocycles. The van der Waals surface area contributed by atoms with E-state index in [1.54, 1.807) is 0 Å². The predicted octanol–water partition coefficient (Wildman–Crippen LogP) is 2.71. The van der Waals surface area contributed by atoms with E-state index in [1.807, 2.05) is 6.07 Å². The van der Waals surface area contributed by atoms with Crippen molar-refractivity contribution in [3.63, 3.8) is 0 Å². The molecule has 0 atom stereocenters. The molecule has 2 aromatic heterocycles. The quantitative estimate of drug-likeness (QED) is 0.789. The highest BCUT2D eigenvalue weighted by molar-refractivity contribution is 5.85. The first-order chi connectivity index (χ1) is 9.85. The summed E-state index contributed by atoms with van der Waals surface area (Å²) in [5.41, 5.74) is 3.08. The summed E-state index contributed by atoms with van der Waals surface area (Å²) in [5.74, 6) is 0.830. The summed E-state index contributed by atoms with van der Waals surface area (Å²) in [6.07, 6.45) is 4.81. The van der Waals surface area contributed by atoms with Crippen LogP contribution in [0.4, 0.5) is 0 Å². The summed E-state index contributed by atoms with van der Waals surface area (Å²) in [6, 6.07) is 10.4. The Bertz CT molecular complexity index is 816. The van der Waals surface area contributed by atoms with E-state index < -0.39 is 0 Å². The summed E-state index contributed by atoms with van der Waals surface area (Å²) < 4.78 is 2.29. The zero-order chi connectivity index (χ0) is 13.5. The van der Waals surface area contributed by atoms with Gasteiger partial charge in [0.2, 0.25) is 0 Å². The second kappa shape index (κ2) is 4.20. The van der Waals surface area contributed by atoms with Crippen LogP contribution in [-0.2, 0) is 6.54 Å². The zero-order valence-electron chi connectivity index (χ0n) is 10.9. The lowest BCUT2D eigenvalue weighted by Crippen LogP contribution is -1.97. The van der Waals surface area contributed by atoms with Gasteiger partial charge in [-0.15, -0.1) is 5.10 Å². The molecule has 0 unspecified atom stereocenters. The number of aromatic amines is 1. The molecule has 1 saturated carbocycles. The van der Waals surface area contributed by atoms with Crippen LogP contribution in [0.1, 0.15) is 18.5 Å². The first-order valence-corrected chi connectivity index (χ1v) is 6.75. The zero-order valence-corrected chi connectivity index (χ0v) is 10.9. The van der Waals surface area contributed by atoms with E-state index in [0.717, 1.165) is 18.0 Å². The molecule has 5 heteroatoms. The highest BCUT2D eigenvalue weighted by atomic mass is 15.3. The molecule has 0 radical (unpaired) electrons. The summed E-state index contributed by atoms with van der Waals surface area (Å²) >= 11 is 0. The molecule has 1 aliphatic rings. The third kappa shape index (κ3) is 1.77. The number of nitrogens with zero attached hydrogens (tertiary/aromatic N) is 4. The average molecular weight is 263 g/mol. The van der Waals surface area contributed by atoms with E-state index in [-0.39, 0.29) is 0 Å². The van der Waals surface area contributed by atoms with Gasteiger partial charge in [-0.3, -0.25) is 0 Å². The molecule has 1 N–H and O–H groups in total. The van der Waals surface area contributed by atoms with Gasteiger partial charge in [0, 0.05) is 23.8 Å². The molecule has 0 bridgehead atoms. The van der Waals surface area contributed by atoms with Gasteiger partial charge in [-0.1, -0.05) is 12.1 Å². The maximum Gasteiger partial charge on any atom is 0.190 e. The van der Waals surface area contributed by atoms with Crippen LogP contribution in [0.2, 0.25) is 0 Å². The number of aromatic nitrogens is 4. The van der Waals surface area contributed by atoms with Crippen molar-refractivity contribution < 1.29 is 0 Å². The van der Waals surface area contributed by atoms with Crippen molar-refractivity contribution in [2.75, 3.05) is 0 Å². The maximum atomic E-state index is 9.05. The molecule has 0 amide bonds. The molecule has 1 aromatic carbocycles. The van der Waals surface area contributed by atoms with Crippen LogP contribution < -0.4 is 0 Å². The van der Waals surface area contributed by atoms with Crippen LogP contribution in [0.3, 0.4) is 0 Å². The van der Waals surface area contributed by atoms with Crippen LogP contribution in [0.25, 0.3) is 22.2 Å². The lowest BCUT2D eigenvalue weighted by molar-refractivity contribution is 0.647. The lowest BCUT2D eigenvalue weighted by Gasteiger charge is -2.05. The second-order valence-corrected chi connectivity index (χ2v) is 5.32. The highest BCUT2D eigenvalue weighted by Crippen LogP contribution is 2.33. The van der Waals surface area contributed by atoms with Gasteiger partial charge in [0.1, 0.15) is 11.8 Å². The van der Waals surface area contributed by atoms with E-state index in [4.69, 9.17) is 5.26 Å². The third-order valence-corrected chi connectivity index (χ3v) is 3.85. The van der Waals surface area contributed by atoms with Crippen molar-refractivity contribution in [1.82, 2.24) is 20.0 Å². The number of benzene rings is 1. The number of fused-ring (bicyclic) bond motifs is 1. The fourth-order valence-corrected chi connectivity index (χ4v) is 2.58. The molecule has 1 aliphatic carbocycles. The highest BCUT2D eigenvalue weighted by Gasteiger charge is 2.22. The van der Waals surface area contributed by atoms with Gasteiger partial charge >= 0.3 is 0 Å². The van der Waals surface area contributed by atoms with Crippen LogP contribution in [0, 0.1) is 17.2 Å². The minimum Gasteiger partial charge on any atom is -0.347 e. The van der Waals surface area contributed by atoms with Crippen molar-refractivity contribution >= 4 is 10.9 Å². The molecular formula is C15H13N5. The van der Waals surface area contributed by atoms with Crippen molar-refractivity contribution in [3.05, 3.63) is 36.2 Å². The summed E-state index contributed by atoms with van der Waals surface area (Å²) in [6.45, 7) is 1.08. The molecule has 0 aliphatic heterocycles. The Morgan fingerprint density at radius 1 is 1.30 bits per heavy atom. The van der Waals surface area contributed by atoms with Gasteiger partial charge in [0.15, 0.2) is 5.69 Å². The number of rotatable bonds is 3. The van der Waals surface area contributed by atoms with Crippen molar-refractivity contribution in [2.45, 2.75) is 19.4 Å². The third-order valence-electron chi connectivity index (χ3n) is 3.85. The predicted molar refractivity (Wildman–Crippen MR) is 74.8 cm³/mol. The van der Waals surface area contributed by atoms with E-state index >= 15 is 0 Å². The van der Waals surface area contributed by atoms with E-state index in [1.165, 1.54) is 23.7 Å². The summed E-state index contributed by atoms with van der Waals surface area (Å²) in [5, 5.41) is 20.7. The van der Waals surface area contributed by atoms with E-state index in [2.05, 4.69) is 50.4 Å². The van der Waals surface area contributed by atoms with Crippen molar-refractivity contribution in [3.8, 4) is 17.3 Å². The Hall–Kier alpha value is -2.61. The van der Waals surface area contributed by atoms with E-state index in [9.17, 15) is 0 Å². The average Bonchev–Trinajstić information content (AvgIpc) is 3.02. The number of nitriles is 1. The second-order valence-electron chi connectivity index (χ2n) is 5.32. The van der Waals surface area contributed by atoms with Crippen molar-refractivity contribution in [2.24, 2.45) is 5.92 Å². The molecule has 20 heavy (non-hydrogen) atoms. The Balaban J connectivity index is 1.83. The molecule has 0 saturated heterocycles. The van der Waals surface area contributed by atoms with Crippen molar-refractivity contribution in [1.29, 1.82) is 5.26 Å². The number of H-pyrrole nitrogens is 1. The fourth-order valence-electron chi connectivity index (χ4n) is 2.58. The SMILES string of the molecule is N#Cc1n[nH]nc1-c1ccc2ccn(CC3CC3)c2c1. The smallest absolute Gasteiger partial charge is 0.190 e. The van der Waals surface area contributed by atoms with Gasteiger partial charge in [-0.05, 0) is 36.3 Å². The Kier molecular flexibility index (Phi) is 2.36. The van der Waals surface area contributed by atoms with Crippen LogP contribution >= 0.6 is 0 Å². The molecule has 98 valence electrons. The lowest BCUT2D eigenvalue weighted by atomic mass is 10.1. The van der Waals surface area contributed by atoms with Gasteiger partial charge in [0.25, 0.3) is 0 Å². The molecule has 1 fully saturated rings. The van der Waals surface area contributed by atoms with E-state index in [0.29, 0.717) is 11.4 Å².